The van der Waals surface area contributed by atoms with Crippen LogP contribution in [0.2, 0.25) is 0 Å². The van der Waals surface area contributed by atoms with Gasteiger partial charge in [0.25, 0.3) is 0 Å². The lowest BCUT2D eigenvalue weighted by Gasteiger charge is -2.07. The quantitative estimate of drug-likeness (QED) is 0.840. The van der Waals surface area contributed by atoms with Crippen molar-refractivity contribution in [2.24, 2.45) is 0 Å². The minimum Gasteiger partial charge on any atom is -0.496 e. The number of rotatable bonds is 5. The Kier molecular flexibility index (Phi) is 4.11. The van der Waals surface area contributed by atoms with E-state index < -0.39 is 0 Å². The third-order valence-electron chi connectivity index (χ3n) is 2.66. The van der Waals surface area contributed by atoms with Gasteiger partial charge < -0.3 is 10.1 Å². The molecule has 0 bridgehead atoms. The van der Waals surface area contributed by atoms with E-state index in [0.29, 0.717) is 0 Å². The van der Waals surface area contributed by atoms with Crippen LogP contribution in [0.4, 0.5) is 0 Å². The molecule has 0 radical (unpaired) electrons. The second-order valence-corrected chi connectivity index (χ2v) is 3.87. The first-order chi connectivity index (χ1) is 8.40. The van der Waals surface area contributed by atoms with Crippen LogP contribution >= 0.6 is 0 Å². The van der Waals surface area contributed by atoms with Crippen molar-refractivity contribution in [2.75, 3.05) is 7.11 Å². The van der Waals surface area contributed by atoms with Crippen molar-refractivity contribution in [3.8, 4) is 5.75 Å². The van der Waals surface area contributed by atoms with E-state index in [0.717, 1.165) is 18.8 Å². The maximum Gasteiger partial charge on any atom is 0.127 e. The summed E-state index contributed by atoms with van der Waals surface area (Å²) in [6.45, 7) is 1.85. The standard InChI is InChI=1S/C14H16N2O/c1-17-14-7-3-2-6-13(14)11-16-10-12-5-4-8-15-9-12/h2-9,16H,10-11H2,1H3/p+1. The summed E-state index contributed by atoms with van der Waals surface area (Å²) in [7, 11) is 1.71. The van der Waals surface area contributed by atoms with Gasteiger partial charge in [0.1, 0.15) is 18.8 Å². The van der Waals surface area contributed by atoms with Crippen LogP contribution in [0.15, 0.2) is 48.8 Å². The summed E-state index contributed by atoms with van der Waals surface area (Å²) in [6, 6.07) is 12.2. The lowest BCUT2D eigenvalue weighted by molar-refractivity contribution is -0.686. The zero-order chi connectivity index (χ0) is 11.9. The molecule has 3 nitrogen and oxygen atoms in total. The number of pyridine rings is 1. The van der Waals surface area contributed by atoms with Gasteiger partial charge in [-0.2, -0.15) is 0 Å². The fourth-order valence-corrected chi connectivity index (χ4v) is 1.78. The number of aromatic nitrogens is 1. The Morgan fingerprint density at radius 1 is 1.12 bits per heavy atom. The van der Waals surface area contributed by atoms with E-state index in [1.807, 2.05) is 30.5 Å². The highest BCUT2D eigenvalue weighted by Gasteiger charge is 2.03. The molecule has 2 aromatic rings. The predicted octanol–water partition coefficient (Wildman–Crippen LogP) is 1.35. The van der Waals surface area contributed by atoms with Crippen molar-refractivity contribution in [1.82, 2.24) is 4.98 Å². The molecule has 2 N–H and O–H groups in total. The Morgan fingerprint density at radius 2 is 2.00 bits per heavy atom. The van der Waals surface area contributed by atoms with E-state index in [1.165, 1.54) is 11.1 Å². The minimum absolute atomic E-state index is 0.916. The molecule has 3 heteroatoms. The molecule has 0 atom stereocenters. The third kappa shape index (κ3) is 3.29. The van der Waals surface area contributed by atoms with Crippen molar-refractivity contribution in [3.05, 3.63) is 59.9 Å². The number of benzene rings is 1. The van der Waals surface area contributed by atoms with Gasteiger partial charge >= 0.3 is 0 Å². The number of nitrogens with zero attached hydrogens (tertiary/aromatic N) is 1. The van der Waals surface area contributed by atoms with Crippen molar-refractivity contribution in [2.45, 2.75) is 13.1 Å². The molecule has 0 aliphatic rings. The Morgan fingerprint density at radius 3 is 2.76 bits per heavy atom. The maximum absolute atomic E-state index is 5.32. The summed E-state index contributed by atoms with van der Waals surface area (Å²) in [5.41, 5.74) is 2.46. The van der Waals surface area contributed by atoms with Crippen LogP contribution in [0, 0.1) is 0 Å². The average Bonchev–Trinajstić information content (AvgIpc) is 2.40. The van der Waals surface area contributed by atoms with Crippen LogP contribution in [0.3, 0.4) is 0 Å². The number of methoxy groups -OCH3 is 1. The van der Waals surface area contributed by atoms with Gasteiger partial charge in [-0.05, 0) is 18.2 Å². The van der Waals surface area contributed by atoms with Gasteiger partial charge in [-0.1, -0.05) is 18.2 Å². The summed E-state index contributed by atoms with van der Waals surface area (Å²) in [5, 5.41) is 2.24. The summed E-state index contributed by atoms with van der Waals surface area (Å²) >= 11 is 0. The lowest BCUT2D eigenvalue weighted by atomic mass is 10.2. The fourth-order valence-electron chi connectivity index (χ4n) is 1.78. The van der Waals surface area contributed by atoms with Crippen molar-refractivity contribution in [1.29, 1.82) is 0 Å². The molecule has 0 saturated heterocycles. The molecule has 1 aromatic carbocycles. The topological polar surface area (TPSA) is 38.7 Å². The van der Waals surface area contributed by atoms with Crippen LogP contribution in [-0.4, -0.2) is 12.1 Å². The van der Waals surface area contributed by atoms with E-state index in [2.05, 4.69) is 22.4 Å². The van der Waals surface area contributed by atoms with E-state index in [1.54, 1.807) is 13.3 Å². The molecule has 1 heterocycles. The lowest BCUT2D eigenvalue weighted by Crippen LogP contribution is -2.80. The molecule has 88 valence electrons. The number of hydrogen-bond donors (Lipinski definition) is 1. The van der Waals surface area contributed by atoms with Crippen LogP contribution in [0.1, 0.15) is 11.1 Å². The van der Waals surface area contributed by atoms with Gasteiger partial charge in [0.2, 0.25) is 0 Å². The number of para-hydroxylation sites is 1. The van der Waals surface area contributed by atoms with E-state index in [9.17, 15) is 0 Å². The van der Waals surface area contributed by atoms with Gasteiger partial charge in [-0.3, -0.25) is 4.98 Å². The van der Waals surface area contributed by atoms with Gasteiger partial charge in [-0.15, -0.1) is 0 Å². The number of hydrogen-bond acceptors (Lipinski definition) is 2. The Hall–Kier alpha value is -1.87. The maximum atomic E-state index is 5.32. The van der Waals surface area contributed by atoms with E-state index in [4.69, 9.17) is 4.74 Å². The molecular weight excluding hydrogens is 212 g/mol. The van der Waals surface area contributed by atoms with Crippen LogP contribution in [0.25, 0.3) is 0 Å². The highest BCUT2D eigenvalue weighted by Crippen LogP contribution is 2.15. The van der Waals surface area contributed by atoms with Crippen molar-refractivity contribution < 1.29 is 10.1 Å². The highest BCUT2D eigenvalue weighted by atomic mass is 16.5. The van der Waals surface area contributed by atoms with Crippen LogP contribution < -0.4 is 10.1 Å². The SMILES string of the molecule is COc1ccccc1C[NH2+]Cc1cccnc1. The number of nitrogens with two attached hydrogens (primary N) is 1. The molecule has 0 unspecified atom stereocenters. The molecule has 0 saturated carbocycles. The van der Waals surface area contributed by atoms with Gasteiger partial charge in [-0.25, -0.2) is 0 Å². The Balaban J connectivity index is 1.90. The molecule has 1 aromatic heterocycles. The second kappa shape index (κ2) is 6.01. The zero-order valence-corrected chi connectivity index (χ0v) is 9.97. The van der Waals surface area contributed by atoms with Gasteiger partial charge in [0, 0.05) is 23.5 Å². The molecule has 2 rings (SSSR count). The number of ether oxygens (including phenoxy) is 1. The number of quaternary nitrogens is 1. The Labute approximate surface area is 101 Å². The second-order valence-electron chi connectivity index (χ2n) is 3.87. The monoisotopic (exact) mass is 229 g/mol. The summed E-state index contributed by atoms with van der Waals surface area (Å²) in [4.78, 5) is 4.10. The van der Waals surface area contributed by atoms with Gasteiger partial charge in [0.05, 0.1) is 7.11 Å². The zero-order valence-electron chi connectivity index (χ0n) is 9.97. The largest absolute Gasteiger partial charge is 0.496 e. The molecule has 0 aliphatic carbocycles. The first kappa shape index (κ1) is 11.6. The minimum atomic E-state index is 0.916. The summed E-state index contributed by atoms with van der Waals surface area (Å²) in [5.74, 6) is 0.954. The summed E-state index contributed by atoms with van der Waals surface area (Å²) < 4.78 is 5.32. The smallest absolute Gasteiger partial charge is 0.127 e. The predicted molar refractivity (Wildman–Crippen MR) is 66.6 cm³/mol. The normalized spacial score (nSPS) is 10.2. The van der Waals surface area contributed by atoms with E-state index in [-0.39, 0.29) is 0 Å². The fraction of sp³-hybridized carbons (Fsp3) is 0.214. The van der Waals surface area contributed by atoms with Crippen LogP contribution in [0.5, 0.6) is 5.75 Å². The molecule has 0 fully saturated rings. The third-order valence-corrected chi connectivity index (χ3v) is 2.66. The van der Waals surface area contributed by atoms with Gasteiger partial charge in [0.15, 0.2) is 0 Å². The highest BCUT2D eigenvalue weighted by molar-refractivity contribution is 5.32. The molecule has 0 amide bonds. The molecule has 17 heavy (non-hydrogen) atoms. The summed E-state index contributed by atoms with van der Waals surface area (Å²) in [6.07, 6.45) is 3.70. The first-order valence-electron chi connectivity index (χ1n) is 5.72. The van der Waals surface area contributed by atoms with Crippen LogP contribution in [-0.2, 0) is 13.1 Å². The Bertz CT molecular complexity index is 457. The molecular formula is C14H17N2O+. The van der Waals surface area contributed by atoms with Crippen molar-refractivity contribution >= 4 is 0 Å². The molecule has 0 spiro atoms. The molecule has 0 aliphatic heterocycles. The van der Waals surface area contributed by atoms with E-state index >= 15 is 0 Å². The first-order valence-corrected chi connectivity index (χ1v) is 5.72. The average molecular weight is 229 g/mol. The van der Waals surface area contributed by atoms with Crippen molar-refractivity contribution in [3.63, 3.8) is 0 Å².